The SMILES string of the molecule is CC(C)(C)OC(=O)C(F)(F)[Si](C)(C)C. The molecule has 14 heavy (non-hydrogen) atoms. The van der Waals surface area contributed by atoms with Gasteiger partial charge in [0.25, 0.3) is 0 Å². The van der Waals surface area contributed by atoms with E-state index in [9.17, 15) is 13.6 Å². The summed E-state index contributed by atoms with van der Waals surface area (Å²) in [4.78, 5) is 11.2. The summed E-state index contributed by atoms with van der Waals surface area (Å²) in [5.41, 5.74) is -4.18. The molecule has 0 rings (SSSR count). The quantitative estimate of drug-likeness (QED) is 0.532. The molecule has 0 N–H and O–H groups in total. The molecule has 0 heterocycles. The van der Waals surface area contributed by atoms with E-state index in [0.717, 1.165) is 0 Å². The molecule has 0 saturated heterocycles. The lowest BCUT2D eigenvalue weighted by atomic mass is 10.2. The van der Waals surface area contributed by atoms with Crippen molar-refractivity contribution in [1.82, 2.24) is 0 Å². The van der Waals surface area contributed by atoms with E-state index in [1.165, 1.54) is 19.6 Å². The van der Waals surface area contributed by atoms with Crippen LogP contribution >= 0.6 is 0 Å². The molecular formula is C9H18F2O2Si. The van der Waals surface area contributed by atoms with Gasteiger partial charge in [-0.3, -0.25) is 0 Å². The zero-order valence-corrected chi connectivity index (χ0v) is 10.6. The molecule has 0 aliphatic carbocycles. The molecule has 0 fully saturated rings. The first-order valence-electron chi connectivity index (χ1n) is 4.49. The number of halogens is 2. The van der Waals surface area contributed by atoms with Crippen LogP contribution < -0.4 is 0 Å². The molecule has 2 nitrogen and oxygen atoms in total. The highest BCUT2D eigenvalue weighted by molar-refractivity contribution is 6.81. The van der Waals surface area contributed by atoms with Crippen LogP contribution in [0.2, 0.25) is 19.6 Å². The first-order valence-corrected chi connectivity index (χ1v) is 7.99. The summed E-state index contributed by atoms with van der Waals surface area (Å²) in [5, 5.41) is 0. The minimum atomic E-state index is -3.32. The number of carbonyl (C=O) groups is 1. The van der Waals surface area contributed by atoms with E-state index in [2.05, 4.69) is 4.74 Å². The Bertz CT molecular complexity index is 226. The zero-order valence-electron chi connectivity index (χ0n) is 9.57. The molecule has 0 bridgehead atoms. The number of rotatable bonds is 2. The van der Waals surface area contributed by atoms with Gasteiger partial charge in [-0.1, -0.05) is 19.6 Å². The Balaban J connectivity index is 4.70. The van der Waals surface area contributed by atoms with Gasteiger partial charge in [0.15, 0.2) is 0 Å². The molecule has 0 radical (unpaired) electrons. The van der Waals surface area contributed by atoms with Crippen LogP contribution in [0.4, 0.5) is 8.78 Å². The standard InChI is InChI=1S/C9H18F2O2Si/c1-8(2,3)13-7(12)9(10,11)14(4,5)6/h1-6H3. The normalized spacial score (nSPS) is 14.0. The number of carbonyl (C=O) groups excluding carboxylic acids is 1. The Morgan fingerprint density at radius 2 is 1.50 bits per heavy atom. The van der Waals surface area contributed by atoms with Crippen molar-refractivity contribution in [3.8, 4) is 0 Å². The smallest absolute Gasteiger partial charge is 0.372 e. The van der Waals surface area contributed by atoms with E-state index in [-0.39, 0.29) is 0 Å². The van der Waals surface area contributed by atoms with Crippen LogP contribution in [0, 0.1) is 0 Å². The van der Waals surface area contributed by atoms with Gasteiger partial charge in [0, 0.05) is 0 Å². The van der Waals surface area contributed by atoms with Gasteiger partial charge in [0.05, 0.1) is 0 Å². The molecule has 5 heteroatoms. The average molecular weight is 224 g/mol. The second-order valence-corrected chi connectivity index (χ2v) is 10.5. The highest BCUT2D eigenvalue weighted by Gasteiger charge is 2.53. The van der Waals surface area contributed by atoms with Gasteiger partial charge in [-0.2, -0.15) is 8.78 Å². The molecule has 0 aliphatic heterocycles. The molecule has 0 spiro atoms. The molecule has 0 aromatic carbocycles. The summed E-state index contributed by atoms with van der Waals surface area (Å²) >= 11 is 0. The van der Waals surface area contributed by atoms with Gasteiger partial charge in [-0.25, -0.2) is 4.79 Å². The highest BCUT2D eigenvalue weighted by Crippen LogP contribution is 2.29. The molecule has 0 amide bonds. The lowest BCUT2D eigenvalue weighted by Gasteiger charge is -2.29. The maximum absolute atomic E-state index is 13.4. The Kier molecular flexibility index (Phi) is 3.49. The van der Waals surface area contributed by atoms with Gasteiger partial charge in [0.2, 0.25) is 0 Å². The van der Waals surface area contributed by atoms with E-state index in [1.54, 1.807) is 20.8 Å². The molecule has 0 aromatic heterocycles. The van der Waals surface area contributed by atoms with Gasteiger partial charge in [0.1, 0.15) is 13.7 Å². The van der Waals surface area contributed by atoms with Crippen molar-refractivity contribution in [3.63, 3.8) is 0 Å². The maximum atomic E-state index is 13.4. The minimum Gasteiger partial charge on any atom is -0.456 e. The molecule has 0 aromatic rings. The van der Waals surface area contributed by atoms with Crippen LogP contribution in [0.1, 0.15) is 20.8 Å². The average Bonchev–Trinajstić information content (AvgIpc) is 1.80. The third-order valence-electron chi connectivity index (χ3n) is 1.60. The number of esters is 1. The van der Waals surface area contributed by atoms with Crippen molar-refractivity contribution in [3.05, 3.63) is 0 Å². The van der Waals surface area contributed by atoms with Gasteiger partial charge < -0.3 is 4.74 Å². The van der Waals surface area contributed by atoms with Crippen molar-refractivity contribution in [2.45, 2.75) is 51.6 Å². The van der Waals surface area contributed by atoms with Crippen LogP contribution in [0.5, 0.6) is 0 Å². The second kappa shape index (κ2) is 3.60. The first kappa shape index (κ1) is 13.5. The van der Waals surface area contributed by atoms with E-state index in [1.807, 2.05) is 0 Å². The van der Waals surface area contributed by atoms with Crippen LogP contribution in [0.15, 0.2) is 0 Å². The van der Waals surface area contributed by atoms with Crippen LogP contribution in [0.3, 0.4) is 0 Å². The van der Waals surface area contributed by atoms with Crippen molar-refractivity contribution in [2.75, 3.05) is 0 Å². The Morgan fingerprint density at radius 3 is 1.71 bits per heavy atom. The molecule has 84 valence electrons. The molecule has 0 unspecified atom stereocenters. The van der Waals surface area contributed by atoms with E-state index >= 15 is 0 Å². The van der Waals surface area contributed by atoms with Crippen molar-refractivity contribution in [1.29, 1.82) is 0 Å². The van der Waals surface area contributed by atoms with Gasteiger partial charge >= 0.3 is 11.5 Å². The number of alkyl halides is 2. The Morgan fingerprint density at radius 1 is 1.14 bits per heavy atom. The largest absolute Gasteiger partial charge is 0.456 e. The fraction of sp³-hybridized carbons (Fsp3) is 0.889. The fourth-order valence-corrected chi connectivity index (χ4v) is 1.31. The lowest BCUT2D eigenvalue weighted by molar-refractivity contribution is -0.173. The molecular weight excluding hydrogens is 206 g/mol. The fourth-order valence-electron chi connectivity index (χ4n) is 0.648. The Labute approximate surface area is 84.6 Å². The predicted molar refractivity (Wildman–Crippen MR) is 54.1 cm³/mol. The number of hydrogen-bond acceptors (Lipinski definition) is 2. The lowest BCUT2D eigenvalue weighted by Crippen LogP contribution is -2.53. The molecule has 0 atom stereocenters. The molecule has 0 saturated carbocycles. The highest BCUT2D eigenvalue weighted by atomic mass is 28.3. The molecule has 0 aliphatic rings. The third kappa shape index (κ3) is 3.36. The van der Waals surface area contributed by atoms with E-state index < -0.39 is 25.2 Å². The zero-order chi connectivity index (χ0) is 11.8. The van der Waals surface area contributed by atoms with Crippen molar-refractivity contribution in [2.24, 2.45) is 0 Å². The van der Waals surface area contributed by atoms with Crippen molar-refractivity contribution >= 4 is 14.0 Å². The summed E-state index contributed by atoms with van der Waals surface area (Å²) in [6, 6.07) is 0. The first-order chi connectivity index (χ1) is 5.88. The number of ether oxygens (including phenoxy) is 1. The summed E-state index contributed by atoms with van der Waals surface area (Å²) in [7, 11) is -2.86. The van der Waals surface area contributed by atoms with Crippen LogP contribution in [-0.2, 0) is 9.53 Å². The summed E-state index contributed by atoms with van der Waals surface area (Å²) in [5.74, 6) is -1.40. The second-order valence-electron chi connectivity index (χ2n) is 5.33. The predicted octanol–water partition coefficient (Wildman–Crippen LogP) is 2.84. The van der Waals surface area contributed by atoms with Crippen LogP contribution in [-0.4, -0.2) is 25.2 Å². The van der Waals surface area contributed by atoms with E-state index in [4.69, 9.17) is 0 Å². The summed E-state index contributed by atoms with van der Waals surface area (Å²) in [6.45, 7) is 9.05. The minimum absolute atomic E-state index is 0.861. The third-order valence-corrected chi connectivity index (χ3v) is 3.69. The van der Waals surface area contributed by atoms with E-state index in [0.29, 0.717) is 0 Å². The monoisotopic (exact) mass is 224 g/mol. The van der Waals surface area contributed by atoms with Gasteiger partial charge in [-0.05, 0) is 20.8 Å². The summed E-state index contributed by atoms with van der Waals surface area (Å²) < 4.78 is 31.6. The van der Waals surface area contributed by atoms with Gasteiger partial charge in [-0.15, -0.1) is 0 Å². The topological polar surface area (TPSA) is 26.3 Å². The maximum Gasteiger partial charge on any atom is 0.372 e. The van der Waals surface area contributed by atoms with Crippen LogP contribution in [0.25, 0.3) is 0 Å². The number of hydrogen-bond donors (Lipinski definition) is 0. The van der Waals surface area contributed by atoms with Crippen molar-refractivity contribution < 1.29 is 18.3 Å². The Hall–Kier alpha value is -0.453. The summed E-state index contributed by atoms with van der Waals surface area (Å²) in [6.07, 6.45) is 0.